The van der Waals surface area contributed by atoms with Crippen molar-refractivity contribution in [3.63, 3.8) is 0 Å². The monoisotopic (exact) mass is 234 g/mol. The fourth-order valence-electron chi connectivity index (χ4n) is 1.42. The Morgan fingerprint density at radius 2 is 2.25 bits per heavy atom. The first-order valence-electron chi connectivity index (χ1n) is 4.85. The SMILES string of the molecule is N#Cc1cn2c(NC3CC3)nc(Cl)nc2n1. The smallest absolute Gasteiger partial charge is 0.240 e. The Labute approximate surface area is 95.9 Å². The number of nitrogens with zero attached hydrogens (tertiary/aromatic N) is 5. The molecule has 0 saturated heterocycles. The van der Waals surface area contributed by atoms with E-state index >= 15 is 0 Å². The number of anilines is 1. The average Bonchev–Trinajstić information content (AvgIpc) is 2.95. The number of nitrogens with one attached hydrogen (secondary N) is 1. The zero-order valence-corrected chi connectivity index (χ0v) is 8.94. The summed E-state index contributed by atoms with van der Waals surface area (Å²) < 4.78 is 1.64. The molecule has 2 aromatic heterocycles. The fraction of sp³-hybridized carbons (Fsp3) is 0.333. The number of halogens is 1. The van der Waals surface area contributed by atoms with Gasteiger partial charge in [0, 0.05) is 6.04 Å². The number of rotatable bonds is 2. The van der Waals surface area contributed by atoms with Gasteiger partial charge >= 0.3 is 0 Å². The van der Waals surface area contributed by atoms with E-state index < -0.39 is 0 Å². The quantitative estimate of drug-likeness (QED) is 0.845. The van der Waals surface area contributed by atoms with Crippen molar-refractivity contribution in [3.8, 4) is 6.07 Å². The van der Waals surface area contributed by atoms with Crippen molar-refractivity contribution in [3.05, 3.63) is 17.2 Å². The molecule has 1 saturated carbocycles. The van der Waals surface area contributed by atoms with Crippen molar-refractivity contribution in [1.29, 1.82) is 5.26 Å². The van der Waals surface area contributed by atoms with Crippen LogP contribution in [0.25, 0.3) is 5.78 Å². The van der Waals surface area contributed by atoms with E-state index in [1.165, 1.54) is 0 Å². The summed E-state index contributed by atoms with van der Waals surface area (Å²) in [4.78, 5) is 12.0. The molecule has 1 aliphatic rings. The second kappa shape index (κ2) is 3.32. The van der Waals surface area contributed by atoms with Crippen LogP contribution >= 0.6 is 11.6 Å². The van der Waals surface area contributed by atoms with Gasteiger partial charge in [-0.25, -0.2) is 0 Å². The molecule has 1 N–H and O–H groups in total. The van der Waals surface area contributed by atoms with E-state index in [-0.39, 0.29) is 5.28 Å². The predicted octanol–water partition coefficient (Wildman–Crippen LogP) is 1.22. The van der Waals surface area contributed by atoms with Gasteiger partial charge in [0.15, 0.2) is 5.69 Å². The second-order valence-electron chi connectivity index (χ2n) is 3.64. The Bertz CT molecular complexity index is 594. The molecule has 0 aliphatic heterocycles. The maximum absolute atomic E-state index is 8.77. The first-order valence-corrected chi connectivity index (χ1v) is 5.23. The summed E-state index contributed by atoms with van der Waals surface area (Å²) in [6, 6.07) is 2.41. The highest BCUT2D eigenvalue weighted by Gasteiger charge is 2.23. The summed E-state index contributed by atoms with van der Waals surface area (Å²) in [6.07, 6.45) is 3.85. The summed E-state index contributed by atoms with van der Waals surface area (Å²) >= 11 is 5.78. The van der Waals surface area contributed by atoms with Crippen molar-refractivity contribution >= 4 is 23.3 Å². The van der Waals surface area contributed by atoms with Gasteiger partial charge in [0.2, 0.25) is 17.0 Å². The van der Waals surface area contributed by atoms with E-state index in [2.05, 4.69) is 20.3 Å². The Hall–Kier alpha value is -1.87. The van der Waals surface area contributed by atoms with Crippen LogP contribution in [0.4, 0.5) is 5.95 Å². The minimum Gasteiger partial charge on any atom is -0.352 e. The van der Waals surface area contributed by atoms with Crippen LogP contribution in [0.5, 0.6) is 0 Å². The molecule has 0 atom stereocenters. The highest BCUT2D eigenvalue weighted by molar-refractivity contribution is 6.28. The molecule has 0 radical (unpaired) electrons. The van der Waals surface area contributed by atoms with Gasteiger partial charge in [-0.1, -0.05) is 0 Å². The van der Waals surface area contributed by atoms with Gasteiger partial charge in [0.05, 0.1) is 6.20 Å². The maximum atomic E-state index is 8.77. The molecule has 7 heteroatoms. The molecule has 16 heavy (non-hydrogen) atoms. The Kier molecular flexibility index (Phi) is 1.94. The van der Waals surface area contributed by atoms with E-state index in [4.69, 9.17) is 16.9 Å². The topological polar surface area (TPSA) is 78.9 Å². The molecule has 1 aliphatic carbocycles. The Morgan fingerprint density at radius 3 is 2.94 bits per heavy atom. The first kappa shape index (κ1) is 9.36. The molecule has 3 rings (SSSR count). The normalized spacial score (nSPS) is 15.0. The number of aromatic nitrogens is 4. The van der Waals surface area contributed by atoms with Gasteiger partial charge in [0.25, 0.3) is 0 Å². The van der Waals surface area contributed by atoms with Crippen LogP contribution in [0.2, 0.25) is 5.28 Å². The van der Waals surface area contributed by atoms with Gasteiger partial charge in [-0.2, -0.15) is 20.2 Å². The molecule has 1 fully saturated rings. The number of imidazole rings is 1. The molecule has 80 valence electrons. The van der Waals surface area contributed by atoms with Crippen molar-refractivity contribution in [2.45, 2.75) is 18.9 Å². The number of nitriles is 1. The number of hydrogen-bond acceptors (Lipinski definition) is 5. The third-order valence-electron chi connectivity index (χ3n) is 2.33. The van der Waals surface area contributed by atoms with Crippen molar-refractivity contribution in [1.82, 2.24) is 19.4 Å². The summed E-state index contributed by atoms with van der Waals surface area (Å²) in [7, 11) is 0. The van der Waals surface area contributed by atoms with E-state index in [0.717, 1.165) is 12.8 Å². The third kappa shape index (κ3) is 1.55. The van der Waals surface area contributed by atoms with Gasteiger partial charge in [-0.15, -0.1) is 0 Å². The standard InChI is InChI=1S/C9H7ClN6/c10-7-14-8(12-5-1-2-5)16-4-6(3-11)13-9(16)15-7/h4-5H,1-2H2,(H,12,13,14,15). The van der Waals surface area contributed by atoms with Crippen LogP contribution in [-0.2, 0) is 0 Å². The zero-order valence-electron chi connectivity index (χ0n) is 8.18. The molecule has 6 nitrogen and oxygen atoms in total. The van der Waals surface area contributed by atoms with Gasteiger partial charge in [0.1, 0.15) is 6.07 Å². The van der Waals surface area contributed by atoms with Crippen LogP contribution in [0, 0.1) is 11.3 Å². The Morgan fingerprint density at radius 1 is 1.44 bits per heavy atom. The summed E-state index contributed by atoms with van der Waals surface area (Å²) in [5.41, 5.74) is 0.301. The third-order valence-corrected chi connectivity index (χ3v) is 2.50. The van der Waals surface area contributed by atoms with Gasteiger partial charge in [-0.3, -0.25) is 4.40 Å². The first-order chi connectivity index (χ1) is 7.76. The molecular weight excluding hydrogens is 228 g/mol. The minimum absolute atomic E-state index is 0.130. The van der Waals surface area contributed by atoms with Crippen LogP contribution in [-0.4, -0.2) is 25.4 Å². The molecule has 0 amide bonds. The fourth-order valence-corrected chi connectivity index (χ4v) is 1.58. The lowest BCUT2D eigenvalue weighted by Gasteiger charge is -2.05. The van der Waals surface area contributed by atoms with E-state index in [0.29, 0.717) is 23.5 Å². The zero-order chi connectivity index (χ0) is 11.1. The van der Waals surface area contributed by atoms with E-state index in [9.17, 15) is 0 Å². The van der Waals surface area contributed by atoms with Crippen LogP contribution in [0.3, 0.4) is 0 Å². The summed E-state index contributed by atoms with van der Waals surface area (Å²) in [6.45, 7) is 0. The number of hydrogen-bond donors (Lipinski definition) is 1. The molecule has 2 aromatic rings. The minimum atomic E-state index is 0.130. The van der Waals surface area contributed by atoms with E-state index in [1.807, 2.05) is 6.07 Å². The summed E-state index contributed by atoms with van der Waals surface area (Å²) in [5, 5.41) is 12.1. The lowest BCUT2D eigenvalue weighted by atomic mass is 10.5. The predicted molar refractivity (Wildman–Crippen MR) is 57.2 cm³/mol. The molecule has 0 bridgehead atoms. The van der Waals surface area contributed by atoms with Crippen molar-refractivity contribution < 1.29 is 0 Å². The van der Waals surface area contributed by atoms with Crippen molar-refractivity contribution in [2.24, 2.45) is 0 Å². The van der Waals surface area contributed by atoms with Crippen LogP contribution in [0.15, 0.2) is 6.20 Å². The van der Waals surface area contributed by atoms with Crippen LogP contribution < -0.4 is 5.32 Å². The lowest BCUT2D eigenvalue weighted by molar-refractivity contribution is 0.972. The average molecular weight is 235 g/mol. The highest BCUT2D eigenvalue weighted by atomic mass is 35.5. The molecule has 2 heterocycles. The highest BCUT2D eigenvalue weighted by Crippen LogP contribution is 2.24. The van der Waals surface area contributed by atoms with Crippen LogP contribution in [0.1, 0.15) is 18.5 Å². The van der Waals surface area contributed by atoms with Gasteiger partial charge < -0.3 is 5.32 Å². The lowest BCUT2D eigenvalue weighted by Crippen LogP contribution is -2.09. The van der Waals surface area contributed by atoms with Crippen molar-refractivity contribution in [2.75, 3.05) is 5.32 Å². The number of fused-ring (bicyclic) bond motifs is 1. The maximum Gasteiger partial charge on any atom is 0.240 e. The molecule has 0 spiro atoms. The molecule has 0 aromatic carbocycles. The summed E-state index contributed by atoms with van der Waals surface area (Å²) in [5.74, 6) is 0.978. The largest absolute Gasteiger partial charge is 0.352 e. The van der Waals surface area contributed by atoms with E-state index in [1.54, 1.807) is 10.6 Å². The van der Waals surface area contributed by atoms with Gasteiger partial charge in [-0.05, 0) is 24.4 Å². The molecule has 0 unspecified atom stereocenters. The Balaban J connectivity index is 2.16. The second-order valence-corrected chi connectivity index (χ2v) is 3.98. The molecular formula is C9H7ClN6.